The van der Waals surface area contributed by atoms with E-state index in [2.05, 4.69) is 5.32 Å². The van der Waals surface area contributed by atoms with Crippen molar-refractivity contribution in [3.05, 3.63) is 40.8 Å². The zero-order chi connectivity index (χ0) is 13.8. The highest BCUT2D eigenvalue weighted by Crippen LogP contribution is 2.27. The van der Waals surface area contributed by atoms with Crippen molar-refractivity contribution in [3.8, 4) is 11.8 Å². The summed E-state index contributed by atoms with van der Waals surface area (Å²) in [6, 6.07) is 8.62. The number of nitrogen functional groups attached to an aromatic ring is 1. The number of para-hydroxylation sites is 1. The molecule has 1 amide bonds. The van der Waals surface area contributed by atoms with E-state index in [4.69, 9.17) is 15.7 Å². The van der Waals surface area contributed by atoms with Gasteiger partial charge in [-0.2, -0.15) is 5.26 Å². The number of amides is 1. The fourth-order valence-corrected chi connectivity index (χ4v) is 2.32. The molecule has 0 aliphatic carbocycles. The summed E-state index contributed by atoms with van der Waals surface area (Å²) in [5.41, 5.74) is 6.87. The predicted molar refractivity (Wildman–Crippen MR) is 74.4 cm³/mol. The molecule has 1 aromatic carbocycles. The number of hydrogen-bond donors (Lipinski definition) is 2. The van der Waals surface area contributed by atoms with Gasteiger partial charge in [0.25, 0.3) is 5.91 Å². The van der Waals surface area contributed by atoms with Crippen LogP contribution < -0.4 is 15.8 Å². The molecule has 3 N–H and O–H groups in total. The first-order valence-electron chi connectivity index (χ1n) is 5.38. The van der Waals surface area contributed by atoms with Gasteiger partial charge in [-0.3, -0.25) is 4.79 Å². The van der Waals surface area contributed by atoms with E-state index in [0.717, 1.165) is 0 Å². The van der Waals surface area contributed by atoms with Crippen molar-refractivity contribution >= 4 is 27.9 Å². The summed E-state index contributed by atoms with van der Waals surface area (Å²) in [6.07, 6.45) is 0. The number of methoxy groups -OCH3 is 1. The van der Waals surface area contributed by atoms with E-state index in [1.165, 1.54) is 18.4 Å². The third-order valence-corrected chi connectivity index (χ3v) is 3.37. The number of nitrogens with one attached hydrogen (secondary N) is 1. The van der Waals surface area contributed by atoms with Crippen LogP contribution in [-0.4, -0.2) is 13.0 Å². The fourth-order valence-electron chi connectivity index (χ4n) is 1.58. The number of carbonyl (C=O) groups excluding carboxylic acids is 1. The van der Waals surface area contributed by atoms with Crippen molar-refractivity contribution in [2.24, 2.45) is 0 Å². The minimum Gasteiger partial charge on any atom is -0.495 e. The number of nitrogens with zero attached hydrogens (tertiary/aromatic N) is 1. The fraction of sp³-hybridized carbons (Fsp3) is 0.0769. The first-order chi connectivity index (χ1) is 9.17. The van der Waals surface area contributed by atoms with Gasteiger partial charge in [0, 0.05) is 0 Å². The molecule has 5 nitrogen and oxygen atoms in total. The second kappa shape index (κ2) is 5.42. The summed E-state index contributed by atoms with van der Waals surface area (Å²) in [5.74, 6) is 0.0784. The molecule has 0 saturated carbocycles. The lowest BCUT2D eigenvalue weighted by Crippen LogP contribution is -2.14. The Kier molecular flexibility index (Phi) is 3.68. The maximum atomic E-state index is 12.1. The minimum atomic E-state index is -0.365. The Morgan fingerprint density at radius 3 is 2.95 bits per heavy atom. The second-order valence-corrected chi connectivity index (χ2v) is 4.57. The Morgan fingerprint density at radius 1 is 1.47 bits per heavy atom. The molecule has 0 aliphatic heterocycles. The zero-order valence-corrected chi connectivity index (χ0v) is 11.0. The Labute approximate surface area is 114 Å². The van der Waals surface area contributed by atoms with Crippen LogP contribution in [-0.2, 0) is 0 Å². The van der Waals surface area contributed by atoms with Gasteiger partial charge in [0.2, 0.25) is 0 Å². The van der Waals surface area contributed by atoms with Gasteiger partial charge < -0.3 is 15.8 Å². The molecule has 0 saturated heterocycles. The number of thiophene rings is 1. The lowest BCUT2D eigenvalue weighted by molar-refractivity contribution is 0.102. The number of anilines is 2. The van der Waals surface area contributed by atoms with E-state index in [1.807, 2.05) is 6.07 Å². The quantitative estimate of drug-likeness (QED) is 0.841. The highest BCUT2D eigenvalue weighted by molar-refractivity contribution is 7.14. The molecule has 1 heterocycles. The summed E-state index contributed by atoms with van der Waals surface area (Å²) in [4.78, 5) is 12.1. The summed E-state index contributed by atoms with van der Waals surface area (Å²) in [5, 5.41) is 13.8. The van der Waals surface area contributed by atoms with E-state index < -0.39 is 0 Å². The van der Waals surface area contributed by atoms with Crippen LogP contribution in [0.4, 0.5) is 10.7 Å². The number of benzene rings is 1. The molecule has 2 rings (SSSR count). The summed E-state index contributed by atoms with van der Waals surface area (Å²) >= 11 is 1.29. The Balaban J connectivity index is 2.29. The molecule has 0 unspecified atom stereocenters. The normalized spacial score (nSPS) is 9.68. The Bertz CT molecular complexity index is 658. The van der Waals surface area contributed by atoms with Crippen LogP contribution in [0.25, 0.3) is 0 Å². The van der Waals surface area contributed by atoms with Gasteiger partial charge in [0.05, 0.1) is 23.9 Å². The molecule has 0 aliphatic rings. The standard InChI is InChI=1S/C13H11N3O2S/c1-18-10-4-2-3-9(11(10)15)12(17)16-13-8(7-14)5-6-19-13/h2-6H,15H2,1H3,(H,16,17). The van der Waals surface area contributed by atoms with Gasteiger partial charge in [-0.05, 0) is 23.6 Å². The minimum absolute atomic E-state index is 0.276. The average molecular weight is 273 g/mol. The van der Waals surface area contributed by atoms with Gasteiger partial charge in [-0.25, -0.2) is 0 Å². The molecule has 0 atom stereocenters. The molecule has 19 heavy (non-hydrogen) atoms. The maximum absolute atomic E-state index is 12.1. The molecule has 2 aromatic rings. The van der Waals surface area contributed by atoms with Crippen LogP contribution in [0.3, 0.4) is 0 Å². The molecule has 6 heteroatoms. The average Bonchev–Trinajstić information content (AvgIpc) is 2.86. The van der Waals surface area contributed by atoms with Crippen LogP contribution in [0.1, 0.15) is 15.9 Å². The largest absolute Gasteiger partial charge is 0.495 e. The molecule has 0 fully saturated rings. The van der Waals surface area contributed by atoms with Crippen molar-refractivity contribution in [1.82, 2.24) is 0 Å². The molecule has 0 radical (unpaired) electrons. The van der Waals surface area contributed by atoms with Gasteiger partial charge in [0.1, 0.15) is 16.8 Å². The summed E-state index contributed by atoms with van der Waals surface area (Å²) in [7, 11) is 1.49. The van der Waals surface area contributed by atoms with Crippen molar-refractivity contribution in [1.29, 1.82) is 5.26 Å². The van der Waals surface area contributed by atoms with Crippen LogP contribution in [0.5, 0.6) is 5.75 Å². The first-order valence-corrected chi connectivity index (χ1v) is 6.26. The zero-order valence-electron chi connectivity index (χ0n) is 10.1. The molecule has 1 aromatic heterocycles. The Morgan fingerprint density at radius 2 is 2.26 bits per heavy atom. The maximum Gasteiger partial charge on any atom is 0.258 e. The van der Waals surface area contributed by atoms with Crippen molar-refractivity contribution < 1.29 is 9.53 Å². The van der Waals surface area contributed by atoms with Crippen LogP contribution >= 0.6 is 11.3 Å². The topological polar surface area (TPSA) is 88.1 Å². The molecule has 96 valence electrons. The Hall–Kier alpha value is -2.52. The summed E-state index contributed by atoms with van der Waals surface area (Å²) in [6.45, 7) is 0. The van der Waals surface area contributed by atoms with E-state index in [0.29, 0.717) is 21.9 Å². The van der Waals surface area contributed by atoms with Gasteiger partial charge in [-0.15, -0.1) is 11.3 Å². The lowest BCUT2D eigenvalue weighted by Gasteiger charge is -2.09. The smallest absolute Gasteiger partial charge is 0.258 e. The molecule has 0 bridgehead atoms. The van der Waals surface area contributed by atoms with Crippen LogP contribution in [0, 0.1) is 11.3 Å². The van der Waals surface area contributed by atoms with Crippen LogP contribution in [0.2, 0.25) is 0 Å². The highest BCUT2D eigenvalue weighted by Gasteiger charge is 2.15. The number of hydrogen-bond acceptors (Lipinski definition) is 5. The van der Waals surface area contributed by atoms with Gasteiger partial charge in [0.15, 0.2) is 0 Å². The number of nitrogens with two attached hydrogens (primary N) is 1. The third-order valence-electron chi connectivity index (χ3n) is 2.54. The van der Waals surface area contributed by atoms with E-state index in [9.17, 15) is 4.79 Å². The SMILES string of the molecule is COc1cccc(C(=O)Nc2sccc2C#N)c1N. The number of ether oxygens (including phenoxy) is 1. The third kappa shape index (κ3) is 2.51. The van der Waals surface area contributed by atoms with Crippen molar-refractivity contribution in [2.75, 3.05) is 18.2 Å². The second-order valence-electron chi connectivity index (χ2n) is 3.65. The molecular formula is C13H11N3O2S. The van der Waals surface area contributed by atoms with E-state index in [1.54, 1.807) is 29.6 Å². The molecular weight excluding hydrogens is 262 g/mol. The number of rotatable bonds is 3. The first kappa shape index (κ1) is 12.9. The molecule has 0 spiro atoms. The van der Waals surface area contributed by atoms with Crippen molar-refractivity contribution in [3.63, 3.8) is 0 Å². The van der Waals surface area contributed by atoms with Crippen molar-refractivity contribution in [2.45, 2.75) is 0 Å². The van der Waals surface area contributed by atoms with E-state index in [-0.39, 0.29) is 11.6 Å². The lowest BCUT2D eigenvalue weighted by atomic mass is 10.1. The van der Waals surface area contributed by atoms with Gasteiger partial charge >= 0.3 is 0 Å². The number of nitriles is 1. The summed E-state index contributed by atoms with van der Waals surface area (Å²) < 4.78 is 5.06. The van der Waals surface area contributed by atoms with E-state index >= 15 is 0 Å². The monoisotopic (exact) mass is 273 g/mol. The highest BCUT2D eigenvalue weighted by atomic mass is 32.1. The number of carbonyl (C=O) groups is 1. The van der Waals surface area contributed by atoms with Crippen LogP contribution in [0.15, 0.2) is 29.6 Å². The predicted octanol–water partition coefficient (Wildman–Crippen LogP) is 2.46. The van der Waals surface area contributed by atoms with Gasteiger partial charge in [-0.1, -0.05) is 6.07 Å².